The van der Waals surface area contributed by atoms with Crippen LogP contribution < -0.4 is 0 Å². The van der Waals surface area contributed by atoms with Gasteiger partial charge in [-0.1, -0.05) is 49.6 Å². The molecule has 3 nitrogen and oxygen atoms in total. The first-order valence-electron chi connectivity index (χ1n) is 8.68. The molecule has 1 aliphatic rings. The molecule has 23 heavy (non-hydrogen) atoms. The van der Waals surface area contributed by atoms with Crippen LogP contribution in [-0.4, -0.2) is 24.1 Å². The van der Waals surface area contributed by atoms with E-state index in [4.69, 9.17) is 11.2 Å². The molecule has 1 fully saturated rings. The van der Waals surface area contributed by atoms with Gasteiger partial charge in [-0.2, -0.15) is 0 Å². The van der Waals surface area contributed by atoms with Gasteiger partial charge in [0.05, 0.1) is 0 Å². The lowest BCUT2D eigenvalue weighted by Crippen LogP contribution is -2.37. The zero-order chi connectivity index (χ0) is 16.3. The van der Waals surface area contributed by atoms with Crippen LogP contribution in [0.2, 0.25) is 0 Å². The molecule has 3 heteroatoms. The highest BCUT2D eigenvalue weighted by molar-refractivity contribution is 5.67. The molecule has 2 rings (SSSR count). The summed E-state index contributed by atoms with van der Waals surface area (Å²) in [5.74, 6) is 3.25. The van der Waals surface area contributed by atoms with Gasteiger partial charge in [-0.3, -0.25) is 0 Å². The fourth-order valence-electron chi connectivity index (χ4n) is 3.12. The van der Waals surface area contributed by atoms with E-state index in [1.165, 1.54) is 32.1 Å². The van der Waals surface area contributed by atoms with Gasteiger partial charge in [-0.05, 0) is 30.7 Å². The maximum absolute atomic E-state index is 12.4. The first-order valence-corrected chi connectivity index (χ1v) is 8.68. The van der Waals surface area contributed by atoms with Crippen LogP contribution in [0.5, 0.6) is 0 Å². The van der Waals surface area contributed by atoms with Gasteiger partial charge in [0.25, 0.3) is 0 Å². The van der Waals surface area contributed by atoms with Crippen LogP contribution in [0.15, 0.2) is 30.3 Å². The summed E-state index contributed by atoms with van der Waals surface area (Å²) >= 11 is 0. The summed E-state index contributed by atoms with van der Waals surface area (Å²) in [7, 11) is 0. The van der Waals surface area contributed by atoms with Crippen molar-refractivity contribution in [2.45, 2.75) is 51.6 Å². The van der Waals surface area contributed by atoms with Crippen LogP contribution in [0, 0.1) is 18.3 Å². The number of nitrogens with zero attached hydrogens (tertiary/aromatic N) is 1. The highest BCUT2D eigenvalue weighted by Crippen LogP contribution is 2.24. The fourth-order valence-corrected chi connectivity index (χ4v) is 3.12. The van der Waals surface area contributed by atoms with E-state index in [1.807, 2.05) is 35.2 Å². The average molecular weight is 313 g/mol. The largest absolute Gasteiger partial charge is 0.445 e. The first kappa shape index (κ1) is 17.4. The number of carbonyl (C=O) groups excluding carboxylic acids is 1. The van der Waals surface area contributed by atoms with E-state index in [0.717, 1.165) is 18.5 Å². The van der Waals surface area contributed by atoms with E-state index in [0.29, 0.717) is 25.5 Å². The van der Waals surface area contributed by atoms with Gasteiger partial charge in [0, 0.05) is 19.5 Å². The first-order chi connectivity index (χ1) is 11.3. The van der Waals surface area contributed by atoms with Crippen molar-refractivity contribution in [3.05, 3.63) is 35.9 Å². The predicted molar refractivity (Wildman–Crippen MR) is 92.8 cm³/mol. The second-order valence-electron chi connectivity index (χ2n) is 6.30. The number of ether oxygens (including phenoxy) is 1. The summed E-state index contributed by atoms with van der Waals surface area (Å²) in [5.41, 5.74) is 1.02. The van der Waals surface area contributed by atoms with Crippen molar-refractivity contribution in [1.29, 1.82) is 0 Å². The zero-order valence-corrected chi connectivity index (χ0v) is 13.9. The summed E-state index contributed by atoms with van der Waals surface area (Å²) < 4.78 is 5.50. The molecule has 1 aromatic rings. The lowest BCUT2D eigenvalue weighted by Gasteiger charge is -2.29. The number of rotatable bonds is 7. The van der Waals surface area contributed by atoms with Crippen molar-refractivity contribution in [1.82, 2.24) is 4.90 Å². The summed E-state index contributed by atoms with van der Waals surface area (Å²) in [6, 6.07) is 9.81. The minimum atomic E-state index is -0.212. The van der Waals surface area contributed by atoms with E-state index in [9.17, 15) is 4.79 Å². The molecule has 0 spiro atoms. The Morgan fingerprint density at radius 3 is 2.65 bits per heavy atom. The summed E-state index contributed by atoms with van der Waals surface area (Å²) in [4.78, 5) is 14.3. The molecular weight excluding hydrogens is 286 g/mol. The highest BCUT2D eigenvalue weighted by atomic mass is 16.6. The van der Waals surface area contributed by atoms with Crippen molar-refractivity contribution < 1.29 is 9.53 Å². The van der Waals surface area contributed by atoms with E-state index >= 15 is 0 Å². The molecule has 0 atom stereocenters. The van der Waals surface area contributed by atoms with Crippen molar-refractivity contribution >= 4 is 6.09 Å². The Morgan fingerprint density at radius 1 is 1.22 bits per heavy atom. The number of amides is 1. The normalized spacial score (nSPS) is 14.9. The lowest BCUT2D eigenvalue weighted by molar-refractivity contribution is 0.0867. The highest BCUT2D eigenvalue weighted by Gasteiger charge is 2.21. The molecule has 124 valence electrons. The van der Waals surface area contributed by atoms with Crippen LogP contribution in [0.3, 0.4) is 0 Å². The minimum absolute atomic E-state index is 0.212. The Labute approximate surface area is 140 Å². The average Bonchev–Trinajstić information content (AvgIpc) is 2.61. The van der Waals surface area contributed by atoms with Gasteiger partial charge in [0.1, 0.15) is 6.61 Å². The monoisotopic (exact) mass is 313 g/mol. The fraction of sp³-hybridized carbons (Fsp3) is 0.550. The molecule has 0 aliphatic heterocycles. The number of terminal acetylenes is 1. The quantitative estimate of drug-likeness (QED) is 0.543. The summed E-state index contributed by atoms with van der Waals surface area (Å²) in [6.07, 6.45) is 13.0. The number of hydrogen-bond donors (Lipinski definition) is 0. The van der Waals surface area contributed by atoms with Gasteiger partial charge in [0.2, 0.25) is 0 Å². The molecule has 0 heterocycles. The molecule has 1 saturated carbocycles. The molecule has 0 saturated heterocycles. The van der Waals surface area contributed by atoms with Crippen LogP contribution >= 0.6 is 0 Å². The molecular formula is C20H27NO2. The van der Waals surface area contributed by atoms with E-state index < -0.39 is 0 Å². The minimum Gasteiger partial charge on any atom is -0.445 e. The molecule has 0 aromatic heterocycles. The van der Waals surface area contributed by atoms with Crippen molar-refractivity contribution in [3.63, 3.8) is 0 Å². The topological polar surface area (TPSA) is 29.5 Å². The van der Waals surface area contributed by atoms with Gasteiger partial charge in [-0.15, -0.1) is 12.3 Å². The van der Waals surface area contributed by atoms with Gasteiger partial charge >= 0.3 is 6.09 Å². The number of hydrogen-bond acceptors (Lipinski definition) is 2. The third-order valence-corrected chi connectivity index (χ3v) is 4.42. The zero-order valence-electron chi connectivity index (χ0n) is 13.9. The molecule has 0 N–H and O–H groups in total. The lowest BCUT2D eigenvalue weighted by atomic mass is 9.89. The number of benzene rings is 1. The van der Waals surface area contributed by atoms with Crippen LogP contribution in [0.4, 0.5) is 4.79 Å². The third-order valence-electron chi connectivity index (χ3n) is 4.42. The number of unbranched alkanes of at least 4 members (excludes halogenated alkanes) is 1. The van der Waals surface area contributed by atoms with Crippen molar-refractivity contribution in [2.75, 3.05) is 13.1 Å². The van der Waals surface area contributed by atoms with Gasteiger partial charge < -0.3 is 9.64 Å². The van der Waals surface area contributed by atoms with E-state index in [-0.39, 0.29) is 6.09 Å². The van der Waals surface area contributed by atoms with Gasteiger partial charge in [-0.25, -0.2) is 4.79 Å². The van der Waals surface area contributed by atoms with Crippen LogP contribution in [-0.2, 0) is 11.3 Å². The van der Waals surface area contributed by atoms with Crippen molar-refractivity contribution in [2.24, 2.45) is 5.92 Å². The summed E-state index contributed by atoms with van der Waals surface area (Å²) in [5, 5.41) is 0. The van der Waals surface area contributed by atoms with E-state index in [1.54, 1.807) is 0 Å². The summed E-state index contributed by atoms with van der Waals surface area (Å²) in [6.45, 7) is 1.82. The Kier molecular flexibility index (Phi) is 7.52. The van der Waals surface area contributed by atoms with Crippen molar-refractivity contribution in [3.8, 4) is 12.3 Å². The smallest absolute Gasteiger partial charge is 0.410 e. The third kappa shape index (κ3) is 6.36. The second-order valence-corrected chi connectivity index (χ2v) is 6.30. The van der Waals surface area contributed by atoms with Crippen LogP contribution in [0.1, 0.15) is 50.5 Å². The van der Waals surface area contributed by atoms with Crippen LogP contribution in [0.25, 0.3) is 0 Å². The van der Waals surface area contributed by atoms with Gasteiger partial charge in [0.15, 0.2) is 0 Å². The Morgan fingerprint density at radius 2 is 1.96 bits per heavy atom. The standard InChI is InChI=1S/C20H27NO2/c1-2-3-10-15-21(16-18-11-6-4-7-12-18)20(22)23-17-19-13-8-5-9-14-19/h1,5,8-9,13-14,18H,3-4,6-7,10-12,15-17H2. The Balaban J connectivity index is 1.85. The molecule has 1 aromatic carbocycles. The second kappa shape index (κ2) is 9.94. The number of carbonyl (C=O) groups is 1. The Bertz CT molecular complexity index is 500. The molecule has 0 bridgehead atoms. The maximum atomic E-state index is 12.4. The Hall–Kier alpha value is -1.95. The molecule has 1 amide bonds. The molecule has 0 unspecified atom stereocenters. The maximum Gasteiger partial charge on any atom is 0.410 e. The SMILES string of the molecule is C#CCCCN(CC1CCCCC1)C(=O)OCc1ccccc1. The molecule has 0 radical (unpaired) electrons. The predicted octanol–water partition coefficient (Wildman–Crippen LogP) is 4.62. The molecule has 1 aliphatic carbocycles. The van der Waals surface area contributed by atoms with E-state index in [2.05, 4.69) is 5.92 Å².